The van der Waals surface area contributed by atoms with Crippen molar-refractivity contribution >= 4 is 17.3 Å². The van der Waals surface area contributed by atoms with E-state index in [1.165, 1.54) is 5.56 Å². The minimum absolute atomic E-state index is 0.0362. The zero-order valence-electron chi connectivity index (χ0n) is 10.7. The van der Waals surface area contributed by atoms with E-state index < -0.39 is 0 Å². The summed E-state index contributed by atoms with van der Waals surface area (Å²) in [7, 11) is 0. The maximum atomic E-state index is 9.71. The minimum atomic E-state index is 0.0362. The summed E-state index contributed by atoms with van der Waals surface area (Å²) in [5.74, 6) is 0.820. The van der Waals surface area contributed by atoms with Crippen molar-refractivity contribution in [2.45, 2.75) is 13.3 Å². The van der Waals surface area contributed by atoms with E-state index in [0.29, 0.717) is 10.7 Å². The lowest BCUT2D eigenvalue weighted by Gasteiger charge is -2.11. The summed E-state index contributed by atoms with van der Waals surface area (Å²) in [6, 6.07) is 13.1. The van der Waals surface area contributed by atoms with Gasteiger partial charge in [-0.1, -0.05) is 36.7 Å². The number of hydrogen-bond donors (Lipinski definition) is 2. The van der Waals surface area contributed by atoms with Crippen LogP contribution < -0.4 is 10.1 Å². The molecule has 0 aliphatic carbocycles. The number of para-hydroxylation sites is 1. The van der Waals surface area contributed by atoms with Crippen LogP contribution in [0, 0.1) is 0 Å². The van der Waals surface area contributed by atoms with Crippen LogP contribution in [0.25, 0.3) is 0 Å². The highest BCUT2D eigenvalue weighted by atomic mass is 35.5. The van der Waals surface area contributed by atoms with Crippen LogP contribution in [-0.4, -0.2) is 11.8 Å². The molecule has 2 aromatic rings. The summed E-state index contributed by atoms with van der Waals surface area (Å²) in [5, 5.41) is 13.0. The Morgan fingerprint density at radius 1 is 1.16 bits per heavy atom. The van der Waals surface area contributed by atoms with Crippen molar-refractivity contribution in [3.8, 4) is 11.5 Å². The first kappa shape index (κ1) is 13.6. The van der Waals surface area contributed by atoms with Gasteiger partial charge in [-0.2, -0.15) is 0 Å². The topological polar surface area (TPSA) is 41.5 Å². The van der Waals surface area contributed by atoms with E-state index in [1.54, 1.807) is 18.2 Å². The average Bonchev–Trinajstić information content (AvgIpc) is 2.44. The van der Waals surface area contributed by atoms with Crippen LogP contribution >= 0.6 is 11.6 Å². The molecule has 100 valence electrons. The van der Waals surface area contributed by atoms with Gasteiger partial charge in [0, 0.05) is 0 Å². The van der Waals surface area contributed by atoms with Gasteiger partial charge in [-0.15, -0.1) is 0 Å². The number of hydrogen-bond acceptors (Lipinski definition) is 3. The van der Waals surface area contributed by atoms with E-state index in [0.717, 1.165) is 12.2 Å². The van der Waals surface area contributed by atoms with Gasteiger partial charge in [-0.25, -0.2) is 0 Å². The molecule has 0 fully saturated rings. The molecule has 0 unspecified atom stereocenters. The molecule has 0 aliphatic heterocycles. The van der Waals surface area contributed by atoms with Gasteiger partial charge in [0.25, 0.3) is 0 Å². The molecule has 0 saturated carbocycles. The zero-order chi connectivity index (χ0) is 13.7. The molecule has 0 amide bonds. The Bertz CT molecular complexity index is 540. The van der Waals surface area contributed by atoms with Crippen molar-refractivity contribution in [3.05, 3.63) is 53.1 Å². The number of aromatic hydroxyl groups is 1. The van der Waals surface area contributed by atoms with Gasteiger partial charge >= 0.3 is 0 Å². The van der Waals surface area contributed by atoms with Crippen molar-refractivity contribution in [2.24, 2.45) is 0 Å². The molecule has 19 heavy (non-hydrogen) atoms. The number of phenolic OH excluding ortho intramolecular Hbond substituents is 1. The summed E-state index contributed by atoms with van der Waals surface area (Å²) in [6.07, 6.45) is 1.01. The predicted molar refractivity (Wildman–Crippen MR) is 78.1 cm³/mol. The first-order valence-corrected chi connectivity index (χ1v) is 6.51. The fraction of sp³-hybridized carbons (Fsp3) is 0.200. The second-order valence-electron chi connectivity index (χ2n) is 4.10. The molecule has 2 aromatic carbocycles. The third-order valence-corrected chi connectivity index (χ3v) is 3.12. The number of rotatable bonds is 5. The van der Waals surface area contributed by atoms with E-state index in [-0.39, 0.29) is 12.5 Å². The Morgan fingerprint density at radius 3 is 2.58 bits per heavy atom. The second kappa shape index (κ2) is 6.34. The van der Waals surface area contributed by atoms with Gasteiger partial charge in [-0.05, 0) is 36.2 Å². The van der Waals surface area contributed by atoms with Crippen LogP contribution in [0.3, 0.4) is 0 Å². The molecule has 3 nitrogen and oxygen atoms in total. The van der Waals surface area contributed by atoms with E-state index in [2.05, 4.69) is 12.2 Å². The van der Waals surface area contributed by atoms with Gasteiger partial charge < -0.3 is 15.2 Å². The van der Waals surface area contributed by atoms with E-state index in [9.17, 15) is 5.11 Å². The molecule has 0 saturated heterocycles. The maximum Gasteiger partial charge on any atom is 0.159 e. The smallest absolute Gasteiger partial charge is 0.159 e. The lowest BCUT2D eigenvalue weighted by Crippen LogP contribution is -2.08. The number of phenols is 1. The highest BCUT2D eigenvalue weighted by molar-refractivity contribution is 6.32. The summed E-state index contributed by atoms with van der Waals surface area (Å²) < 4.78 is 5.54. The molecule has 2 N–H and O–H groups in total. The monoisotopic (exact) mass is 277 g/mol. The van der Waals surface area contributed by atoms with Crippen molar-refractivity contribution in [1.82, 2.24) is 0 Å². The minimum Gasteiger partial charge on any atom is -0.504 e. The molecule has 0 bridgehead atoms. The van der Waals surface area contributed by atoms with Crippen LogP contribution in [0.5, 0.6) is 11.5 Å². The summed E-state index contributed by atoms with van der Waals surface area (Å²) >= 11 is 5.81. The Morgan fingerprint density at radius 2 is 1.89 bits per heavy atom. The SMILES string of the molecule is CCc1ccc(OCNc2cccc(Cl)c2O)cc1. The summed E-state index contributed by atoms with van der Waals surface area (Å²) in [6.45, 7) is 2.37. The number of nitrogens with one attached hydrogen (secondary N) is 1. The first-order chi connectivity index (χ1) is 9.20. The molecular weight excluding hydrogens is 262 g/mol. The Hall–Kier alpha value is -1.87. The summed E-state index contributed by atoms with van der Waals surface area (Å²) in [4.78, 5) is 0. The quantitative estimate of drug-likeness (QED) is 0.640. The van der Waals surface area contributed by atoms with Gasteiger partial charge in [-0.3, -0.25) is 0 Å². The fourth-order valence-corrected chi connectivity index (χ4v) is 1.85. The molecule has 0 atom stereocenters. The Kier molecular flexibility index (Phi) is 4.53. The van der Waals surface area contributed by atoms with Crippen molar-refractivity contribution in [2.75, 3.05) is 12.0 Å². The van der Waals surface area contributed by atoms with Crippen molar-refractivity contribution in [1.29, 1.82) is 0 Å². The first-order valence-electron chi connectivity index (χ1n) is 6.13. The lowest BCUT2D eigenvalue weighted by molar-refractivity contribution is 0.345. The molecule has 0 aliphatic rings. The average molecular weight is 278 g/mol. The van der Waals surface area contributed by atoms with Crippen LogP contribution in [0.2, 0.25) is 5.02 Å². The number of aryl methyl sites for hydroxylation is 1. The van der Waals surface area contributed by atoms with Gasteiger partial charge in [0.2, 0.25) is 0 Å². The second-order valence-corrected chi connectivity index (χ2v) is 4.51. The van der Waals surface area contributed by atoms with E-state index in [4.69, 9.17) is 16.3 Å². The van der Waals surface area contributed by atoms with Crippen LogP contribution in [-0.2, 0) is 6.42 Å². The number of ether oxygens (including phenoxy) is 1. The van der Waals surface area contributed by atoms with Crippen molar-refractivity contribution in [3.63, 3.8) is 0 Å². The maximum absolute atomic E-state index is 9.71. The fourth-order valence-electron chi connectivity index (χ4n) is 1.68. The third-order valence-electron chi connectivity index (χ3n) is 2.82. The van der Waals surface area contributed by atoms with Gasteiger partial charge in [0.05, 0.1) is 10.7 Å². The number of anilines is 1. The number of benzene rings is 2. The molecular formula is C15H16ClNO2. The predicted octanol–water partition coefficient (Wildman–Crippen LogP) is 4.06. The third kappa shape index (κ3) is 3.55. The zero-order valence-corrected chi connectivity index (χ0v) is 11.4. The molecule has 4 heteroatoms. The van der Waals surface area contributed by atoms with Crippen LogP contribution in [0.4, 0.5) is 5.69 Å². The summed E-state index contributed by atoms with van der Waals surface area (Å²) in [5.41, 5.74) is 1.82. The van der Waals surface area contributed by atoms with E-state index >= 15 is 0 Å². The molecule has 0 aromatic heterocycles. The van der Waals surface area contributed by atoms with Crippen LogP contribution in [0.15, 0.2) is 42.5 Å². The number of halogens is 1. The highest BCUT2D eigenvalue weighted by Crippen LogP contribution is 2.30. The Balaban J connectivity index is 1.90. The lowest BCUT2D eigenvalue weighted by atomic mass is 10.2. The molecule has 0 radical (unpaired) electrons. The molecule has 0 heterocycles. The van der Waals surface area contributed by atoms with Crippen LogP contribution in [0.1, 0.15) is 12.5 Å². The van der Waals surface area contributed by atoms with Crippen molar-refractivity contribution < 1.29 is 9.84 Å². The van der Waals surface area contributed by atoms with Gasteiger partial charge in [0.1, 0.15) is 5.75 Å². The molecule has 2 rings (SSSR count). The molecule has 0 spiro atoms. The largest absolute Gasteiger partial charge is 0.504 e. The van der Waals surface area contributed by atoms with E-state index in [1.807, 2.05) is 24.3 Å². The Labute approximate surface area is 117 Å². The van der Waals surface area contributed by atoms with Gasteiger partial charge in [0.15, 0.2) is 12.5 Å². The normalized spacial score (nSPS) is 10.2. The highest BCUT2D eigenvalue weighted by Gasteiger charge is 2.04. The standard InChI is InChI=1S/C15H16ClNO2/c1-2-11-6-8-12(9-7-11)19-10-17-14-5-3-4-13(16)15(14)18/h3-9,17-18H,2,10H2,1H3.